The van der Waals surface area contributed by atoms with Gasteiger partial charge in [-0.1, -0.05) is 0 Å². The van der Waals surface area contributed by atoms with Gasteiger partial charge in [0.25, 0.3) is 5.91 Å². The van der Waals surface area contributed by atoms with Crippen molar-refractivity contribution in [2.75, 3.05) is 26.2 Å². The predicted molar refractivity (Wildman–Crippen MR) is 82.1 cm³/mol. The number of piperazine rings is 1. The highest BCUT2D eigenvalue weighted by Gasteiger charge is 2.46. The molecule has 2 aliphatic rings. The van der Waals surface area contributed by atoms with Gasteiger partial charge < -0.3 is 15.5 Å². The van der Waals surface area contributed by atoms with Gasteiger partial charge in [0.15, 0.2) is 0 Å². The van der Waals surface area contributed by atoms with Crippen LogP contribution in [0, 0.1) is 5.92 Å². The Morgan fingerprint density at radius 3 is 2.38 bits per heavy atom. The van der Waals surface area contributed by atoms with Crippen molar-refractivity contribution in [1.82, 2.24) is 9.80 Å². The van der Waals surface area contributed by atoms with E-state index in [4.69, 9.17) is 5.73 Å². The van der Waals surface area contributed by atoms with Crippen LogP contribution < -0.4 is 5.73 Å². The minimum absolute atomic E-state index is 0.0348. The first-order valence-corrected chi connectivity index (χ1v) is 8.34. The topological polar surface area (TPSA) is 66.6 Å². The molecule has 0 radical (unpaired) electrons. The zero-order valence-electron chi connectivity index (χ0n) is 12.2. The lowest BCUT2D eigenvalue weighted by atomic mass is 9.95. The van der Waals surface area contributed by atoms with Gasteiger partial charge in [0, 0.05) is 31.6 Å². The highest BCUT2D eigenvalue weighted by molar-refractivity contribution is 7.08. The molecule has 0 spiro atoms. The molecule has 1 aliphatic heterocycles. The quantitative estimate of drug-likeness (QED) is 0.911. The number of hydrogen-bond acceptors (Lipinski definition) is 4. The minimum atomic E-state index is -0.737. The third-order valence-electron chi connectivity index (χ3n) is 4.51. The maximum absolute atomic E-state index is 12.5. The molecule has 0 aromatic carbocycles. The number of nitrogens with two attached hydrogens (primary N) is 1. The Bertz CT molecular complexity index is 529. The summed E-state index contributed by atoms with van der Waals surface area (Å²) in [5.74, 6) is 0.421. The summed E-state index contributed by atoms with van der Waals surface area (Å²) in [6, 6.07) is 1.84. The Kier molecular flexibility index (Phi) is 3.75. The van der Waals surface area contributed by atoms with E-state index in [1.807, 2.05) is 33.6 Å². The number of hydrogen-bond donors (Lipinski definition) is 1. The molecule has 1 saturated heterocycles. The van der Waals surface area contributed by atoms with Crippen LogP contribution in [-0.4, -0.2) is 53.3 Å². The van der Waals surface area contributed by atoms with Crippen molar-refractivity contribution in [2.24, 2.45) is 11.7 Å². The molecule has 21 heavy (non-hydrogen) atoms. The fourth-order valence-corrected chi connectivity index (χ4v) is 3.51. The van der Waals surface area contributed by atoms with Crippen molar-refractivity contribution in [2.45, 2.75) is 25.3 Å². The summed E-state index contributed by atoms with van der Waals surface area (Å²) < 4.78 is 0. The van der Waals surface area contributed by atoms with E-state index >= 15 is 0 Å². The molecule has 1 aliphatic carbocycles. The van der Waals surface area contributed by atoms with E-state index in [1.165, 1.54) is 11.3 Å². The van der Waals surface area contributed by atoms with E-state index in [0.717, 1.165) is 18.4 Å². The van der Waals surface area contributed by atoms with E-state index < -0.39 is 5.54 Å². The van der Waals surface area contributed by atoms with Crippen molar-refractivity contribution < 1.29 is 9.59 Å². The maximum atomic E-state index is 12.5. The average Bonchev–Trinajstić information content (AvgIpc) is 3.22. The first kappa shape index (κ1) is 14.5. The summed E-state index contributed by atoms with van der Waals surface area (Å²) in [4.78, 5) is 28.4. The maximum Gasteiger partial charge on any atom is 0.254 e. The van der Waals surface area contributed by atoms with Gasteiger partial charge in [-0.15, -0.1) is 0 Å². The van der Waals surface area contributed by atoms with E-state index in [0.29, 0.717) is 32.1 Å². The van der Waals surface area contributed by atoms with Crippen LogP contribution in [0.25, 0.3) is 0 Å². The Morgan fingerprint density at radius 2 is 1.86 bits per heavy atom. The molecule has 1 aromatic heterocycles. The normalized spacial score (nSPS) is 22.0. The molecule has 2 N–H and O–H groups in total. The second-order valence-electron chi connectivity index (χ2n) is 6.15. The smallest absolute Gasteiger partial charge is 0.254 e. The molecule has 1 aromatic rings. The SMILES string of the molecule is CC(N)(C(=O)N1CCN(C(=O)c2ccsc2)CC1)C1CC1. The summed E-state index contributed by atoms with van der Waals surface area (Å²) in [7, 11) is 0. The lowest BCUT2D eigenvalue weighted by molar-refractivity contribution is -0.138. The molecule has 5 nitrogen and oxygen atoms in total. The lowest BCUT2D eigenvalue weighted by Crippen LogP contribution is -2.59. The Hall–Kier alpha value is -1.40. The van der Waals surface area contributed by atoms with E-state index in [-0.39, 0.29) is 11.8 Å². The van der Waals surface area contributed by atoms with Gasteiger partial charge in [0.05, 0.1) is 11.1 Å². The summed E-state index contributed by atoms with van der Waals surface area (Å²) in [6.07, 6.45) is 2.10. The van der Waals surface area contributed by atoms with Crippen LogP contribution in [0.3, 0.4) is 0 Å². The van der Waals surface area contributed by atoms with E-state index in [2.05, 4.69) is 0 Å². The molecular formula is C15H21N3O2S. The van der Waals surface area contributed by atoms with Crippen LogP contribution in [0.1, 0.15) is 30.1 Å². The summed E-state index contributed by atoms with van der Waals surface area (Å²) >= 11 is 1.52. The van der Waals surface area contributed by atoms with Crippen LogP contribution in [0.2, 0.25) is 0 Å². The summed E-state index contributed by atoms with van der Waals surface area (Å²) in [5.41, 5.74) is 6.20. The van der Waals surface area contributed by atoms with Crippen molar-refractivity contribution in [3.8, 4) is 0 Å². The largest absolute Gasteiger partial charge is 0.338 e. The molecule has 0 bridgehead atoms. The zero-order chi connectivity index (χ0) is 15.0. The summed E-state index contributed by atoms with van der Waals surface area (Å²) in [5, 5.41) is 3.77. The fraction of sp³-hybridized carbons (Fsp3) is 0.600. The number of carbonyl (C=O) groups is 2. The zero-order valence-corrected chi connectivity index (χ0v) is 13.1. The number of thiophene rings is 1. The molecule has 1 atom stereocenters. The van der Waals surface area contributed by atoms with Crippen LogP contribution >= 0.6 is 11.3 Å². The van der Waals surface area contributed by atoms with Crippen LogP contribution in [-0.2, 0) is 4.79 Å². The first-order valence-electron chi connectivity index (χ1n) is 7.40. The Balaban J connectivity index is 1.58. The Labute approximate surface area is 128 Å². The van der Waals surface area contributed by atoms with Gasteiger partial charge in [0.1, 0.15) is 0 Å². The monoisotopic (exact) mass is 307 g/mol. The molecule has 3 rings (SSSR count). The standard InChI is InChI=1S/C15H21N3O2S/c1-15(16,12-2-3-12)14(20)18-7-5-17(6-8-18)13(19)11-4-9-21-10-11/h4,9-10,12H,2-3,5-8,16H2,1H3. The average molecular weight is 307 g/mol. The fourth-order valence-electron chi connectivity index (χ4n) is 2.88. The van der Waals surface area contributed by atoms with Crippen molar-refractivity contribution in [1.29, 1.82) is 0 Å². The molecule has 114 valence electrons. The lowest BCUT2D eigenvalue weighted by Gasteiger charge is -2.38. The molecule has 2 amide bonds. The molecule has 1 saturated carbocycles. The number of rotatable bonds is 3. The van der Waals surface area contributed by atoms with E-state index in [9.17, 15) is 9.59 Å². The van der Waals surface area contributed by atoms with Gasteiger partial charge in [-0.2, -0.15) is 11.3 Å². The molecule has 2 fully saturated rings. The van der Waals surface area contributed by atoms with Crippen molar-refractivity contribution in [3.63, 3.8) is 0 Å². The minimum Gasteiger partial charge on any atom is -0.338 e. The third-order valence-corrected chi connectivity index (χ3v) is 5.19. The van der Waals surface area contributed by atoms with Crippen LogP contribution in [0.5, 0.6) is 0 Å². The highest BCUT2D eigenvalue weighted by atomic mass is 32.1. The molecule has 2 heterocycles. The molecule has 1 unspecified atom stereocenters. The summed E-state index contributed by atoms with van der Waals surface area (Å²) in [6.45, 7) is 4.17. The van der Waals surface area contributed by atoms with Crippen LogP contribution in [0.15, 0.2) is 16.8 Å². The first-order chi connectivity index (χ1) is 10.00. The van der Waals surface area contributed by atoms with E-state index in [1.54, 1.807) is 0 Å². The second kappa shape index (κ2) is 5.42. The van der Waals surface area contributed by atoms with Gasteiger partial charge >= 0.3 is 0 Å². The second-order valence-corrected chi connectivity index (χ2v) is 6.93. The van der Waals surface area contributed by atoms with Gasteiger partial charge in [-0.25, -0.2) is 0 Å². The molecule has 6 heteroatoms. The van der Waals surface area contributed by atoms with Crippen molar-refractivity contribution in [3.05, 3.63) is 22.4 Å². The number of amides is 2. The number of nitrogens with zero attached hydrogens (tertiary/aromatic N) is 2. The Morgan fingerprint density at radius 1 is 1.24 bits per heavy atom. The van der Waals surface area contributed by atoms with Gasteiger partial charge in [-0.05, 0) is 37.1 Å². The third kappa shape index (κ3) is 2.82. The number of carbonyl (C=O) groups excluding carboxylic acids is 2. The predicted octanol–water partition coefficient (Wildman–Crippen LogP) is 1.16. The van der Waals surface area contributed by atoms with Crippen LogP contribution in [0.4, 0.5) is 0 Å². The van der Waals surface area contributed by atoms with Gasteiger partial charge in [0.2, 0.25) is 5.91 Å². The van der Waals surface area contributed by atoms with Gasteiger partial charge in [-0.3, -0.25) is 9.59 Å². The highest BCUT2D eigenvalue weighted by Crippen LogP contribution is 2.39. The molecular weight excluding hydrogens is 286 g/mol. The van der Waals surface area contributed by atoms with Crippen molar-refractivity contribution >= 4 is 23.2 Å².